The normalized spacial score (nSPS) is 23.9. The summed E-state index contributed by atoms with van der Waals surface area (Å²) in [7, 11) is 4.37. The van der Waals surface area contributed by atoms with Crippen molar-refractivity contribution in [2.24, 2.45) is 23.3 Å². The fourth-order valence-corrected chi connectivity index (χ4v) is 4.28. The monoisotopic (exact) mass is 321 g/mol. The molecule has 0 heterocycles. The molecule has 0 bridgehead atoms. The second-order valence-electron chi connectivity index (χ2n) is 7.18. The van der Waals surface area contributed by atoms with Crippen LogP contribution in [0.1, 0.15) is 72.1 Å². The summed E-state index contributed by atoms with van der Waals surface area (Å²) in [6.07, 6.45) is 11.7. The van der Waals surface area contributed by atoms with Crippen LogP contribution in [-0.2, 0) is 0 Å². The van der Waals surface area contributed by atoms with Crippen molar-refractivity contribution < 1.29 is 0 Å². The van der Waals surface area contributed by atoms with E-state index in [0.717, 1.165) is 37.5 Å². The van der Waals surface area contributed by atoms with Crippen LogP contribution in [0.3, 0.4) is 0 Å². The third-order valence-electron chi connectivity index (χ3n) is 5.31. The molecule has 1 rings (SSSR count). The SMILES string of the molecule is CC/C=C(\C1CCC(/C(CC)=C(\CC)CC(N)N)CC1)N(C)C. The summed E-state index contributed by atoms with van der Waals surface area (Å²) >= 11 is 0. The molecule has 0 spiro atoms. The molecular weight excluding hydrogens is 282 g/mol. The molecule has 0 saturated heterocycles. The first-order valence-corrected chi connectivity index (χ1v) is 9.53. The summed E-state index contributed by atoms with van der Waals surface area (Å²) in [5.74, 6) is 1.48. The number of nitrogens with zero attached hydrogens (tertiary/aromatic N) is 1. The van der Waals surface area contributed by atoms with Crippen molar-refractivity contribution in [3.63, 3.8) is 0 Å². The Kier molecular flexibility index (Phi) is 8.93. The van der Waals surface area contributed by atoms with Gasteiger partial charge in [-0.1, -0.05) is 38.0 Å². The van der Waals surface area contributed by atoms with Gasteiger partial charge in [-0.3, -0.25) is 0 Å². The number of nitrogens with two attached hydrogens (primary N) is 2. The van der Waals surface area contributed by atoms with Crippen LogP contribution in [0.5, 0.6) is 0 Å². The highest BCUT2D eigenvalue weighted by Crippen LogP contribution is 2.40. The quantitative estimate of drug-likeness (QED) is 0.514. The van der Waals surface area contributed by atoms with Crippen molar-refractivity contribution >= 4 is 0 Å². The minimum atomic E-state index is -0.212. The molecule has 1 saturated carbocycles. The molecule has 4 N–H and O–H groups in total. The van der Waals surface area contributed by atoms with E-state index in [4.69, 9.17) is 11.5 Å². The number of hydrogen-bond acceptors (Lipinski definition) is 3. The molecule has 0 aromatic rings. The van der Waals surface area contributed by atoms with Gasteiger partial charge in [0.15, 0.2) is 0 Å². The van der Waals surface area contributed by atoms with E-state index in [0.29, 0.717) is 0 Å². The van der Waals surface area contributed by atoms with Crippen LogP contribution in [-0.4, -0.2) is 25.2 Å². The van der Waals surface area contributed by atoms with E-state index in [1.165, 1.54) is 37.0 Å². The van der Waals surface area contributed by atoms with Crippen molar-refractivity contribution in [3.05, 3.63) is 22.9 Å². The highest BCUT2D eigenvalue weighted by molar-refractivity contribution is 5.19. The fourth-order valence-electron chi connectivity index (χ4n) is 4.28. The van der Waals surface area contributed by atoms with Gasteiger partial charge in [-0.15, -0.1) is 0 Å². The third-order valence-corrected chi connectivity index (χ3v) is 5.31. The maximum Gasteiger partial charge on any atom is 0.0559 e. The average Bonchev–Trinajstić information content (AvgIpc) is 2.52. The lowest BCUT2D eigenvalue weighted by atomic mass is 9.74. The van der Waals surface area contributed by atoms with E-state index in [1.807, 2.05) is 0 Å². The summed E-state index contributed by atoms with van der Waals surface area (Å²) in [6.45, 7) is 6.77. The average molecular weight is 322 g/mol. The van der Waals surface area contributed by atoms with Gasteiger partial charge in [0.25, 0.3) is 0 Å². The molecule has 1 fully saturated rings. The molecule has 0 unspecified atom stereocenters. The lowest BCUT2D eigenvalue weighted by Crippen LogP contribution is -2.31. The third kappa shape index (κ3) is 5.96. The van der Waals surface area contributed by atoms with Crippen LogP contribution in [0, 0.1) is 11.8 Å². The molecular formula is C20H39N3. The minimum Gasteiger partial charge on any atom is -0.381 e. The van der Waals surface area contributed by atoms with Gasteiger partial charge in [-0.25, -0.2) is 0 Å². The van der Waals surface area contributed by atoms with E-state index in [2.05, 4.69) is 45.8 Å². The lowest BCUT2D eigenvalue weighted by Gasteiger charge is -2.35. The Morgan fingerprint density at radius 1 is 1.00 bits per heavy atom. The molecule has 0 aromatic heterocycles. The first-order chi connectivity index (χ1) is 10.9. The van der Waals surface area contributed by atoms with Crippen LogP contribution in [0.4, 0.5) is 0 Å². The molecule has 3 nitrogen and oxygen atoms in total. The number of allylic oxidation sites excluding steroid dienone is 3. The van der Waals surface area contributed by atoms with Gasteiger partial charge in [-0.2, -0.15) is 0 Å². The van der Waals surface area contributed by atoms with Crippen LogP contribution < -0.4 is 11.5 Å². The van der Waals surface area contributed by atoms with Gasteiger partial charge >= 0.3 is 0 Å². The number of hydrogen-bond donors (Lipinski definition) is 2. The molecule has 1 aliphatic rings. The molecule has 0 amide bonds. The van der Waals surface area contributed by atoms with E-state index in [9.17, 15) is 0 Å². The summed E-state index contributed by atoms with van der Waals surface area (Å²) < 4.78 is 0. The zero-order valence-electron chi connectivity index (χ0n) is 16.1. The van der Waals surface area contributed by atoms with E-state index < -0.39 is 0 Å². The largest absolute Gasteiger partial charge is 0.381 e. The fraction of sp³-hybridized carbons (Fsp3) is 0.800. The predicted octanol–water partition coefficient (Wildman–Crippen LogP) is 4.40. The molecule has 23 heavy (non-hydrogen) atoms. The Balaban J connectivity index is 2.80. The van der Waals surface area contributed by atoms with Crippen molar-refractivity contribution in [3.8, 4) is 0 Å². The van der Waals surface area contributed by atoms with Crippen molar-refractivity contribution in [2.75, 3.05) is 14.1 Å². The maximum atomic E-state index is 5.85. The van der Waals surface area contributed by atoms with Crippen LogP contribution in [0.2, 0.25) is 0 Å². The van der Waals surface area contributed by atoms with Crippen LogP contribution >= 0.6 is 0 Å². The van der Waals surface area contributed by atoms with Gasteiger partial charge in [0.05, 0.1) is 6.17 Å². The van der Waals surface area contributed by atoms with E-state index >= 15 is 0 Å². The lowest BCUT2D eigenvalue weighted by molar-refractivity contribution is 0.285. The highest BCUT2D eigenvalue weighted by atomic mass is 15.1. The molecule has 0 aliphatic heterocycles. The summed E-state index contributed by atoms with van der Waals surface area (Å²) in [4.78, 5) is 2.32. The standard InChI is InChI=1S/C20H39N3/c1-6-9-19(23(4)5)17-12-10-16(11-13-17)18(8-3)15(7-2)14-20(21)22/h9,16-17,20H,6-8,10-14,21-22H2,1-5H3/b18-15+,19-9+. The minimum absolute atomic E-state index is 0.212. The van der Waals surface area contributed by atoms with Crippen LogP contribution in [0.25, 0.3) is 0 Å². The van der Waals surface area contributed by atoms with Crippen molar-refractivity contribution in [1.29, 1.82) is 0 Å². The van der Waals surface area contributed by atoms with Crippen molar-refractivity contribution in [2.45, 2.75) is 78.3 Å². The summed E-state index contributed by atoms with van der Waals surface area (Å²) in [6, 6.07) is 0. The topological polar surface area (TPSA) is 55.3 Å². The molecule has 0 radical (unpaired) electrons. The van der Waals surface area contributed by atoms with Gasteiger partial charge in [-0.05, 0) is 63.2 Å². The van der Waals surface area contributed by atoms with Gasteiger partial charge in [0, 0.05) is 19.8 Å². The smallest absolute Gasteiger partial charge is 0.0559 e. The summed E-state index contributed by atoms with van der Waals surface area (Å²) in [5, 5.41) is 0. The Bertz CT molecular complexity index is 399. The Morgan fingerprint density at radius 3 is 1.96 bits per heavy atom. The first-order valence-electron chi connectivity index (χ1n) is 9.53. The molecule has 0 aromatic carbocycles. The second-order valence-corrected chi connectivity index (χ2v) is 7.18. The molecule has 0 atom stereocenters. The predicted molar refractivity (Wildman–Crippen MR) is 102 cm³/mol. The number of rotatable bonds is 8. The molecule has 1 aliphatic carbocycles. The molecule has 134 valence electrons. The second kappa shape index (κ2) is 10.1. The zero-order chi connectivity index (χ0) is 17.4. The zero-order valence-corrected chi connectivity index (χ0v) is 16.1. The Hall–Kier alpha value is -0.800. The van der Waals surface area contributed by atoms with Gasteiger partial charge < -0.3 is 16.4 Å². The maximum absolute atomic E-state index is 5.85. The van der Waals surface area contributed by atoms with Crippen LogP contribution in [0.15, 0.2) is 22.9 Å². The van der Waals surface area contributed by atoms with E-state index in [1.54, 1.807) is 5.57 Å². The first kappa shape index (κ1) is 20.2. The molecule has 3 heteroatoms. The van der Waals surface area contributed by atoms with E-state index in [-0.39, 0.29) is 6.17 Å². The van der Waals surface area contributed by atoms with Gasteiger partial charge in [0.2, 0.25) is 0 Å². The Morgan fingerprint density at radius 2 is 1.57 bits per heavy atom. The Labute approximate surface area is 144 Å². The van der Waals surface area contributed by atoms with Crippen molar-refractivity contribution in [1.82, 2.24) is 4.90 Å². The highest BCUT2D eigenvalue weighted by Gasteiger charge is 2.27. The van der Waals surface area contributed by atoms with Gasteiger partial charge in [0.1, 0.15) is 0 Å². The summed E-state index contributed by atoms with van der Waals surface area (Å²) in [5.41, 5.74) is 16.4.